The molecule has 1 aliphatic rings. The molecule has 1 aliphatic heterocycles. The number of methoxy groups -OCH3 is 1. The number of ether oxygens (including phenoxy) is 1. The minimum atomic E-state index is -0.0310. The standard InChI is InChI=1S/C19H21NO2S/c1-12(2)13-9-10-14(18(21)16(11-13)22-4)19-20(3)15-7-5-6-8-17(15)23-19/h5-12,19H,1-4H3. The van der Waals surface area contributed by atoms with Crippen LogP contribution in [-0.4, -0.2) is 14.2 Å². The molecule has 0 saturated carbocycles. The molecular formula is C19H21NO2S. The molecule has 1 heterocycles. The minimum absolute atomic E-state index is 0.0267. The van der Waals surface area contributed by atoms with E-state index in [9.17, 15) is 4.79 Å². The molecular weight excluding hydrogens is 306 g/mol. The summed E-state index contributed by atoms with van der Waals surface area (Å²) < 4.78 is 5.37. The lowest BCUT2D eigenvalue weighted by atomic mass is 10.1. The molecule has 0 aromatic heterocycles. The van der Waals surface area contributed by atoms with Gasteiger partial charge in [-0.3, -0.25) is 4.79 Å². The molecule has 3 nitrogen and oxygen atoms in total. The van der Waals surface area contributed by atoms with Crippen LogP contribution in [0.4, 0.5) is 5.69 Å². The largest absolute Gasteiger partial charge is 0.493 e. The van der Waals surface area contributed by atoms with Crippen LogP contribution in [0.3, 0.4) is 0 Å². The summed E-state index contributed by atoms with van der Waals surface area (Å²) >= 11 is 1.71. The second-order valence-electron chi connectivity index (χ2n) is 6.03. The number of rotatable bonds is 3. The summed E-state index contributed by atoms with van der Waals surface area (Å²) in [5.41, 5.74) is 3.00. The van der Waals surface area contributed by atoms with Gasteiger partial charge in [0.05, 0.1) is 12.8 Å². The Labute approximate surface area is 141 Å². The fourth-order valence-corrected chi connectivity index (χ4v) is 4.13. The summed E-state index contributed by atoms with van der Waals surface area (Å²) in [7, 11) is 3.59. The van der Waals surface area contributed by atoms with Gasteiger partial charge in [0, 0.05) is 17.5 Å². The topological polar surface area (TPSA) is 29.5 Å². The number of anilines is 1. The molecule has 0 fully saturated rings. The van der Waals surface area contributed by atoms with Crippen molar-refractivity contribution < 1.29 is 4.74 Å². The monoisotopic (exact) mass is 327 g/mol. The molecule has 0 amide bonds. The van der Waals surface area contributed by atoms with Gasteiger partial charge < -0.3 is 9.64 Å². The molecule has 2 aromatic rings. The molecule has 0 saturated heterocycles. The van der Waals surface area contributed by atoms with Gasteiger partial charge >= 0.3 is 0 Å². The van der Waals surface area contributed by atoms with Crippen molar-refractivity contribution in [2.75, 3.05) is 19.1 Å². The van der Waals surface area contributed by atoms with Crippen molar-refractivity contribution in [2.45, 2.75) is 30.0 Å². The third kappa shape index (κ3) is 2.83. The van der Waals surface area contributed by atoms with Crippen molar-refractivity contribution in [3.63, 3.8) is 0 Å². The lowest BCUT2D eigenvalue weighted by Gasteiger charge is -2.20. The van der Waals surface area contributed by atoms with E-state index in [4.69, 9.17) is 4.74 Å². The Hall–Kier alpha value is -1.94. The molecule has 1 atom stereocenters. The van der Waals surface area contributed by atoms with Gasteiger partial charge in [0.1, 0.15) is 5.37 Å². The SMILES string of the molecule is COc1cc(C(C)C)ccc(C2Sc3ccccc3N2C)c1=O. The summed E-state index contributed by atoms with van der Waals surface area (Å²) in [6.45, 7) is 4.23. The first-order valence-corrected chi connectivity index (χ1v) is 8.61. The molecule has 1 unspecified atom stereocenters. The number of para-hydroxylation sites is 1. The summed E-state index contributed by atoms with van der Waals surface area (Å²) in [4.78, 5) is 16.3. The third-order valence-electron chi connectivity index (χ3n) is 4.23. The Morgan fingerprint density at radius 2 is 1.91 bits per heavy atom. The van der Waals surface area contributed by atoms with Crippen molar-refractivity contribution >= 4 is 17.4 Å². The zero-order chi connectivity index (χ0) is 16.6. The fourth-order valence-electron chi connectivity index (χ4n) is 2.82. The molecule has 0 aliphatic carbocycles. The lowest BCUT2D eigenvalue weighted by molar-refractivity contribution is 0.410. The molecule has 23 heavy (non-hydrogen) atoms. The van der Waals surface area contributed by atoms with E-state index in [1.807, 2.05) is 37.4 Å². The summed E-state index contributed by atoms with van der Waals surface area (Å²) in [5.74, 6) is 0.758. The lowest BCUT2D eigenvalue weighted by Crippen LogP contribution is -2.22. The van der Waals surface area contributed by atoms with E-state index in [0.29, 0.717) is 11.7 Å². The van der Waals surface area contributed by atoms with Crippen LogP contribution in [0.2, 0.25) is 0 Å². The van der Waals surface area contributed by atoms with Crippen molar-refractivity contribution in [3.8, 4) is 5.75 Å². The molecule has 120 valence electrons. The number of hydrogen-bond donors (Lipinski definition) is 0. The maximum Gasteiger partial charge on any atom is 0.226 e. The van der Waals surface area contributed by atoms with Crippen LogP contribution in [-0.2, 0) is 0 Å². The average molecular weight is 327 g/mol. The predicted octanol–water partition coefficient (Wildman–Crippen LogP) is 4.42. The normalized spacial score (nSPS) is 16.6. The van der Waals surface area contributed by atoms with E-state index in [1.165, 1.54) is 4.90 Å². The van der Waals surface area contributed by atoms with E-state index < -0.39 is 0 Å². The second-order valence-corrected chi connectivity index (χ2v) is 7.16. The first kappa shape index (κ1) is 15.9. The maximum absolute atomic E-state index is 12.9. The third-order valence-corrected chi connectivity index (χ3v) is 5.62. The highest BCUT2D eigenvalue weighted by Gasteiger charge is 2.30. The Balaban J connectivity index is 2.11. The van der Waals surface area contributed by atoms with Crippen LogP contribution in [0.1, 0.15) is 36.3 Å². The van der Waals surface area contributed by atoms with E-state index >= 15 is 0 Å². The van der Waals surface area contributed by atoms with E-state index in [0.717, 1.165) is 16.8 Å². The number of benzene rings is 1. The van der Waals surface area contributed by atoms with Crippen LogP contribution < -0.4 is 15.1 Å². The predicted molar refractivity (Wildman–Crippen MR) is 96.8 cm³/mol. The van der Waals surface area contributed by atoms with Crippen LogP contribution in [0.15, 0.2) is 52.2 Å². The number of hydrogen-bond acceptors (Lipinski definition) is 4. The van der Waals surface area contributed by atoms with Crippen LogP contribution in [0, 0.1) is 0 Å². The Morgan fingerprint density at radius 1 is 1.17 bits per heavy atom. The van der Waals surface area contributed by atoms with Crippen molar-refractivity contribution in [2.24, 2.45) is 0 Å². The zero-order valence-electron chi connectivity index (χ0n) is 13.9. The number of nitrogens with zero attached hydrogens (tertiary/aromatic N) is 1. The van der Waals surface area contributed by atoms with Gasteiger partial charge in [-0.1, -0.05) is 49.9 Å². The Kier molecular flexibility index (Phi) is 4.35. The average Bonchev–Trinajstić information content (AvgIpc) is 2.77. The minimum Gasteiger partial charge on any atom is -0.493 e. The molecule has 0 bridgehead atoms. The van der Waals surface area contributed by atoms with Crippen molar-refractivity contribution in [1.82, 2.24) is 0 Å². The Morgan fingerprint density at radius 3 is 2.57 bits per heavy atom. The molecule has 3 rings (SSSR count). The molecule has 4 heteroatoms. The maximum atomic E-state index is 12.9. The van der Waals surface area contributed by atoms with Gasteiger partial charge in [-0.15, -0.1) is 0 Å². The summed E-state index contributed by atoms with van der Waals surface area (Å²) in [6, 6.07) is 14.1. The van der Waals surface area contributed by atoms with E-state index in [-0.39, 0.29) is 10.8 Å². The van der Waals surface area contributed by atoms with Gasteiger partial charge in [-0.25, -0.2) is 0 Å². The molecule has 0 N–H and O–H groups in total. The van der Waals surface area contributed by atoms with Gasteiger partial charge in [-0.2, -0.15) is 0 Å². The van der Waals surface area contributed by atoms with Crippen LogP contribution in [0.25, 0.3) is 0 Å². The molecule has 0 spiro atoms. The molecule has 0 radical (unpaired) electrons. The number of thioether (sulfide) groups is 1. The smallest absolute Gasteiger partial charge is 0.226 e. The van der Waals surface area contributed by atoms with Crippen molar-refractivity contribution in [1.29, 1.82) is 0 Å². The first-order valence-electron chi connectivity index (χ1n) is 7.73. The number of fused-ring (bicyclic) bond motifs is 1. The highest BCUT2D eigenvalue weighted by molar-refractivity contribution is 8.00. The Bertz CT molecular complexity index is 788. The molecule has 2 aromatic carbocycles. The van der Waals surface area contributed by atoms with E-state index in [1.54, 1.807) is 18.9 Å². The second kappa shape index (κ2) is 6.28. The first-order chi connectivity index (χ1) is 11.0. The fraction of sp³-hybridized carbons (Fsp3) is 0.316. The highest BCUT2D eigenvalue weighted by atomic mass is 32.2. The van der Waals surface area contributed by atoms with Crippen LogP contribution in [0.5, 0.6) is 5.75 Å². The van der Waals surface area contributed by atoms with Crippen molar-refractivity contribution in [3.05, 3.63) is 63.8 Å². The van der Waals surface area contributed by atoms with Gasteiger partial charge in [-0.05, 0) is 29.7 Å². The van der Waals surface area contributed by atoms with Crippen LogP contribution >= 0.6 is 11.8 Å². The van der Waals surface area contributed by atoms with Gasteiger partial charge in [0.25, 0.3) is 0 Å². The summed E-state index contributed by atoms with van der Waals surface area (Å²) in [5, 5.41) is -0.0267. The highest BCUT2D eigenvalue weighted by Crippen LogP contribution is 2.49. The quantitative estimate of drug-likeness (QED) is 0.834. The van der Waals surface area contributed by atoms with Gasteiger partial charge in [0.2, 0.25) is 5.43 Å². The van der Waals surface area contributed by atoms with E-state index in [2.05, 4.69) is 30.9 Å². The summed E-state index contributed by atoms with van der Waals surface area (Å²) in [6.07, 6.45) is 0. The zero-order valence-corrected chi connectivity index (χ0v) is 14.7. The van der Waals surface area contributed by atoms with Gasteiger partial charge in [0.15, 0.2) is 5.75 Å².